The molecule has 0 saturated heterocycles. The number of nitrogens with zero attached hydrogens (tertiary/aromatic N) is 3. The third-order valence-electron chi connectivity index (χ3n) is 5.61. The van der Waals surface area contributed by atoms with E-state index < -0.39 is 0 Å². The summed E-state index contributed by atoms with van der Waals surface area (Å²) in [6, 6.07) is 27.6. The van der Waals surface area contributed by atoms with Gasteiger partial charge in [0, 0.05) is 18.3 Å². The number of rotatable bonds is 8. The first-order chi connectivity index (χ1) is 16.1. The van der Waals surface area contributed by atoms with Gasteiger partial charge >= 0.3 is 0 Å². The summed E-state index contributed by atoms with van der Waals surface area (Å²) in [5.74, 6) is 0.487. The second kappa shape index (κ2) is 10.1. The summed E-state index contributed by atoms with van der Waals surface area (Å²) in [5, 5.41) is 7.88. The molecule has 0 radical (unpaired) electrons. The van der Waals surface area contributed by atoms with E-state index in [1.165, 1.54) is 0 Å². The minimum Gasteiger partial charge on any atom is -0.496 e. The van der Waals surface area contributed by atoms with Crippen molar-refractivity contribution >= 4 is 5.91 Å². The first kappa shape index (κ1) is 22.3. The van der Waals surface area contributed by atoms with Crippen LogP contribution < -0.4 is 10.1 Å². The fourth-order valence-electron chi connectivity index (χ4n) is 3.85. The lowest BCUT2D eigenvalue weighted by Gasteiger charge is -2.25. The number of para-hydroxylation sites is 2. The second-order valence-electron chi connectivity index (χ2n) is 7.97. The van der Waals surface area contributed by atoms with Crippen molar-refractivity contribution in [2.45, 2.75) is 6.04 Å². The van der Waals surface area contributed by atoms with Crippen LogP contribution in [0.4, 0.5) is 0 Å². The quantitative estimate of drug-likeness (QED) is 0.436. The molecule has 1 N–H and O–H groups in total. The molecule has 4 aromatic rings. The summed E-state index contributed by atoms with van der Waals surface area (Å²) in [6.45, 7) is 0.470. The Kier molecular flexibility index (Phi) is 6.86. The van der Waals surface area contributed by atoms with Gasteiger partial charge in [0.2, 0.25) is 0 Å². The Morgan fingerprint density at radius 2 is 1.61 bits per heavy atom. The van der Waals surface area contributed by atoms with Gasteiger partial charge < -0.3 is 15.0 Å². The lowest BCUT2D eigenvalue weighted by Crippen LogP contribution is -2.34. The number of ether oxygens (including phenoxy) is 1. The minimum absolute atomic E-state index is 0.0500. The number of hydrogen-bond acceptors (Lipinski definition) is 4. The molecule has 168 valence electrons. The Morgan fingerprint density at radius 3 is 2.27 bits per heavy atom. The van der Waals surface area contributed by atoms with Crippen LogP contribution in [0.1, 0.15) is 22.0 Å². The highest BCUT2D eigenvalue weighted by molar-refractivity contribution is 6.00. The molecular weight excluding hydrogens is 412 g/mol. The molecule has 0 unspecified atom stereocenters. The largest absolute Gasteiger partial charge is 0.496 e. The van der Waals surface area contributed by atoms with E-state index >= 15 is 0 Å². The van der Waals surface area contributed by atoms with Crippen LogP contribution in [-0.2, 0) is 0 Å². The third-order valence-corrected chi connectivity index (χ3v) is 5.61. The van der Waals surface area contributed by atoms with Crippen molar-refractivity contribution in [1.82, 2.24) is 20.0 Å². The summed E-state index contributed by atoms with van der Waals surface area (Å²) in [7, 11) is 5.64. The summed E-state index contributed by atoms with van der Waals surface area (Å²) < 4.78 is 7.28. The van der Waals surface area contributed by atoms with Crippen molar-refractivity contribution in [3.8, 4) is 22.7 Å². The van der Waals surface area contributed by atoms with Crippen LogP contribution in [0.5, 0.6) is 5.75 Å². The molecule has 3 aromatic carbocycles. The average Bonchev–Trinajstić information content (AvgIpc) is 3.30. The summed E-state index contributed by atoms with van der Waals surface area (Å²) in [5.41, 5.74) is 3.87. The maximum atomic E-state index is 13.4. The van der Waals surface area contributed by atoms with E-state index in [1.54, 1.807) is 18.0 Å². The molecule has 0 spiro atoms. The van der Waals surface area contributed by atoms with Crippen molar-refractivity contribution in [3.05, 3.63) is 102 Å². The molecular formula is C27H28N4O2. The van der Waals surface area contributed by atoms with Gasteiger partial charge in [-0.2, -0.15) is 5.10 Å². The summed E-state index contributed by atoms with van der Waals surface area (Å²) in [4.78, 5) is 15.5. The number of nitrogens with one attached hydrogen (secondary N) is 1. The number of likely N-dealkylation sites (N-methyl/N-ethyl adjacent to an activating group) is 1. The highest BCUT2D eigenvalue weighted by Crippen LogP contribution is 2.32. The number of aromatic nitrogens is 2. The maximum Gasteiger partial charge on any atom is 0.255 e. The Balaban J connectivity index is 1.68. The van der Waals surface area contributed by atoms with Gasteiger partial charge in [0.15, 0.2) is 0 Å². The fourth-order valence-corrected chi connectivity index (χ4v) is 3.85. The molecule has 0 saturated carbocycles. The standard InChI is InChI=1S/C27H28N4O2/c1-30(2)24(20-12-6-4-7-13-20)18-28-27(32)23-19-31(21-14-8-5-9-15-21)29-26(23)22-16-10-11-17-25(22)33-3/h4-17,19,24H,18H2,1-3H3,(H,28,32)/t24-/m1/s1. The van der Waals surface area contributed by atoms with Crippen molar-refractivity contribution in [3.63, 3.8) is 0 Å². The number of carbonyl (C=O) groups excluding carboxylic acids is 1. The van der Waals surface area contributed by atoms with E-state index in [2.05, 4.69) is 22.3 Å². The number of amides is 1. The SMILES string of the molecule is COc1ccccc1-c1nn(-c2ccccc2)cc1C(=O)NC[C@H](c1ccccc1)N(C)C. The molecule has 0 bridgehead atoms. The van der Waals surface area contributed by atoms with Crippen LogP contribution in [-0.4, -0.2) is 48.3 Å². The fraction of sp³-hybridized carbons (Fsp3) is 0.185. The summed E-state index contributed by atoms with van der Waals surface area (Å²) >= 11 is 0. The number of methoxy groups -OCH3 is 1. The molecule has 1 aromatic heterocycles. The number of benzene rings is 3. The zero-order chi connectivity index (χ0) is 23.2. The van der Waals surface area contributed by atoms with Crippen molar-refractivity contribution in [2.75, 3.05) is 27.7 Å². The van der Waals surface area contributed by atoms with Gasteiger partial charge in [-0.1, -0.05) is 60.7 Å². The van der Waals surface area contributed by atoms with E-state index in [-0.39, 0.29) is 11.9 Å². The van der Waals surface area contributed by atoms with Crippen LogP contribution in [0.3, 0.4) is 0 Å². The zero-order valence-corrected chi connectivity index (χ0v) is 19.1. The van der Waals surface area contributed by atoms with Crippen LogP contribution in [0.2, 0.25) is 0 Å². The summed E-state index contributed by atoms with van der Waals surface area (Å²) in [6.07, 6.45) is 1.78. The minimum atomic E-state index is -0.180. The monoisotopic (exact) mass is 440 g/mol. The Labute approximate surface area is 194 Å². The topological polar surface area (TPSA) is 59.4 Å². The molecule has 1 amide bonds. The predicted octanol–water partition coefficient (Wildman–Crippen LogP) is 4.58. The molecule has 0 fully saturated rings. The predicted molar refractivity (Wildman–Crippen MR) is 131 cm³/mol. The Morgan fingerprint density at radius 1 is 0.970 bits per heavy atom. The maximum absolute atomic E-state index is 13.4. The number of hydrogen-bond donors (Lipinski definition) is 1. The normalized spacial score (nSPS) is 11.9. The average molecular weight is 441 g/mol. The molecule has 1 atom stereocenters. The molecule has 0 aliphatic heterocycles. The highest BCUT2D eigenvalue weighted by Gasteiger charge is 2.22. The van der Waals surface area contributed by atoms with Gasteiger partial charge in [-0.25, -0.2) is 4.68 Å². The molecule has 6 heteroatoms. The molecule has 1 heterocycles. The van der Waals surface area contributed by atoms with Crippen molar-refractivity contribution in [1.29, 1.82) is 0 Å². The Bertz CT molecular complexity index is 1200. The number of carbonyl (C=O) groups is 1. The van der Waals surface area contributed by atoms with Crippen LogP contribution in [0, 0.1) is 0 Å². The molecule has 0 aliphatic rings. The van der Waals surface area contributed by atoms with Crippen LogP contribution in [0.15, 0.2) is 91.1 Å². The van der Waals surface area contributed by atoms with Gasteiger partial charge in [0.25, 0.3) is 5.91 Å². The van der Waals surface area contributed by atoms with Crippen molar-refractivity contribution < 1.29 is 9.53 Å². The molecule has 0 aliphatic carbocycles. The van der Waals surface area contributed by atoms with E-state index in [4.69, 9.17) is 9.84 Å². The van der Waals surface area contributed by atoms with Gasteiger partial charge in [-0.05, 0) is 43.9 Å². The third kappa shape index (κ3) is 4.96. The smallest absolute Gasteiger partial charge is 0.255 e. The second-order valence-corrected chi connectivity index (χ2v) is 7.97. The van der Waals surface area contributed by atoms with E-state index in [1.807, 2.05) is 86.9 Å². The first-order valence-electron chi connectivity index (χ1n) is 10.9. The van der Waals surface area contributed by atoms with Crippen molar-refractivity contribution in [2.24, 2.45) is 0 Å². The first-order valence-corrected chi connectivity index (χ1v) is 10.9. The lowest BCUT2D eigenvalue weighted by molar-refractivity contribution is 0.0942. The van der Waals surface area contributed by atoms with Gasteiger partial charge in [-0.15, -0.1) is 0 Å². The molecule has 33 heavy (non-hydrogen) atoms. The lowest BCUT2D eigenvalue weighted by atomic mass is 10.0. The van der Waals surface area contributed by atoms with Gasteiger partial charge in [-0.3, -0.25) is 4.79 Å². The van der Waals surface area contributed by atoms with E-state index in [0.717, 1.165) is 16.8 Å². The van der Waals surface area contributed by atoms with Crippen LogP contribution in [0.25, 0.3) is 16.9 Å². The highest BCUT2D eigenvalue weighted by atomic mass is 16.5. The van der Waals surface area contributed by atoms with E-state index in [0.29, 0.717) is 23.6 Å². The molecule has 4 rings (SSSR count). The Hall–Kier alpha value is -3.90. The van der Waals surface area contributed by atoms with Gasteiger partial charge in [0.05, 0.1) is 24.4 Å². The van der Waals surface area contributed by atoms with Gasteiger partial charge in [0.1, 0.15) is 11.4 Å². The molecule has 6 nitrogen and oxygen atoms in total. The van der Waals surface area contributed by atoms with Crippen LogP contribution >= 0.6 is 0 Å². The zero-order valence-electron chi connectivity index (χ0n) is 19.1. The van der Waals surface area contributed by atoms with E-state index in [9.17, 15) is 4.79 Å².